The number of fused-ring (bicyclic) bond motifs is 4. The second-order valence-electron chi connectivity index (χ2n) is 19.2. The van der Waals surface area contributed by atoms with Crippen molar-refractivity contribution in [3.8, 4) is 33.4 Å². The average Bonchev–Trinajstić information content (AvgIpc) is 3.50. The van der Waals surface area contributed by atoms with Crippen molar-refractivity contribution in [3.05, 3.63) is 162 Å². The fourth-order valence-corrected chi connectivity index (χ4v) is 12.8. The molecule has 1 spiro atoms. The second kappa shape index (κ2) is 12.1. The number of anilines is 3. The third-order valence-electron chi connectivity index (χ3n) is 15.3. The van der Waals surface area contributed by atoms with Gasteiger partial charge < -0.3 is 4.90 Å². The maximum atomic E-state index is 2.66. The summed E-state index contributed by atoms with van der Waals surface area (Å²) in [6.07, 6.45) is 9.40. The molecule has 12 rings (SSSR count). The molecule has 0 atom stereocenters. The minimum atomic E-state index is 0.0730. The van der Waals surface area contributed by atoms with E-state index in [9.17, 15) is 0 Å². The lowest BCUT2D eigenvalue weighted by Gasteiger charge is -2.61. The predicted molar refractivity (Wildman–Crippen MR) is 231 cm³/mol. The molecule has 0 heterocycles. The Balaban J connectivity index is 1.20. The Labute approximate surface area is 328 Å². The molecule has 4 saturated carbocycles. The minimum Gasteiger partial charge on any atom is -0.310 e. The molecule has 0 radical (unpaired) electrons. The molecular formula is C54H53N. The van der Waals surface area contributed by atoms with Crippen molar-refractivity contribution in [3.63, 3.8) is 0 Å². The zero-order valence-corrected chi connectivity index (χ0v) is 33.0. The van der Waals surface area contributed by atoms with E-state index in [2.05, 4.69) is 172 Å². The predicted octanol–water partition coefficient (Wildman–Crippen LogP) is 14.6. The lowest BCUT2D eigenvalue weighted by Crippen LogP contribution is -2.55. The van der Waals surface area contributed by atoms with Gasteiger partial charge in [0, 0.05) is 22.4 Å². The molecule has 0 aromatic heterocycles. The first-order chi connectivity index (χ1) is 26.7. The lowest BCUT2D eigenvalue weighted by molar-refractivity contribution is -0.0399. The number of hydrogen-bond donors (Lipinski definition) is 0. The summed E-state index contributed by atoms with van der Waals surface area (Å²) in [4.78, 5) is 2.64. The molecule has 4 fully saturated rings. The highest BCUT2D eigenvalue weighted by Crippen LogP contribution is 2.71. The van der Waals surface area contributed by atoms with E-state index >= 15 is 0 Å². The molecule has 1 heteroatoms. The van der Waals surface area contributed by atoms with Crippen molar-refractivity contribution in [2.24, 2.45) is 23.7 Å². The third kappa shape index (κ3) is 4.97. The first-order valence-electron chi connectivity index (χ1n) is 21.2. The zero-order chi connectivity index (χ0) is 37.1. The van der Waals surface area contributed by atoms with Gasteiger partial charge in [0.1, 0.15) is 0 Å². The fourth-order valence-electron chi connectivity index (χ4n) is 12.8. The first kappa shape index (κ1) is 33.5. The largest absolute Gasteiger partial charge is 0.310 e. The van der Waals surface area contributed by atoms with E-state index in [-0.39, 0.29) is 16.2 Å². The number of hydrogen-bond acceptors (Lipinski definition) is 1. The van der Waals surface area contributed by atoms with Gasteiger partial charge in [-0.25, -0.2) is 0 Å². The molecule has 274 valence electrons. The molecule has 0 N–H and O–H groups in total. The number of benzene rings is 6. The Morgan fingerprint density at radius 1 is 0.436 bits per heavy atom. The Kier molecular flexibility index (Phi) is 7.34. The van der Waals surface area contributed by atoms with Crippen LogP contribution in [0, 0.1) is 23.7 Å². The van der Waals surface area contributed by atoms with Crippen LogP contribution in [0.5, 0.6) is 0 Å². The molecule has 0 saturated heterocycles. The van der Waals surface area contributed by atoms with Gasteiger partial charge in [-0.1, -0.05) is 131 Å². The van der Waals surface area contributed by atoms with E-state index in [0.717, 1.165) is 11.8 Å². The SMILES string of the molecule is CC1(C)CCC(C)(C)c2cc(N(c3ccc(-c4ccccc4)cc3)c3cc(-c4ccccc4)cc4c3-c3ccccc3C43C4CC5CC(C4)CC3C5)ccc21. The fraction of sp³-hybridized carbons (Fsp3) is 0.333. The molecule has 0 unspecified atom stereocenters. The molecule has 0 amide bonds. The van der Waals surface area contributed by atoms with Crippen LogP contribution < -0.4 is 4.90 Å². The van der Waals surface area contributed by atoms with Crippen LogP contribution in [0.1, 0.15) is 94.9 Å². The maximum Gasteiger partial charge on any atom is 0.0549 e. The van der Waals surface area contributed by atoms with Gasteiger partial charge in [-0.2, -0.15) is 0 Å². The topological polar surface area (TPSA) is 3.24 Å². The van der Waals surface area contributed by atoms with Crippen LogP contribution >= 0.6 is 0 Å². The van der Waals surface area contributed by atoms with E-state index in [1.165, 1.54) is 107 Å². The molecule has 4 bridgehead atoms. The Morgan fingerprint density at radius 2 is 0.982 bits per heavy atom. The third-order valence-corrected chi connectivity index (χ3v) is 15.3. The highest BCUT2D eigenvalue weighted by molar-refractivity contribution is 5.98. The molecule has 55 heavy (non-hydrogen) atoms. The molecule has 6 aromatic carbocycles. The lowest BCUT2D eigenvalue weighted by atomic mass is 9.43. The first-order valence-corrected chi connectivity index (χ1v) is 21.2. The summed E-state index contributed by atoms with van der Waals surface area (Å²) in [6.45, 7) is 9.81. The van der Waals surface area contributed by atoms with Gasteiger partial charge in [0.25, 0.3) is 0 Å². The average molecular weight is 716 g/mol. The summed E-state index contributed by atoms with van der Waals surface area (Å²) < 4.78 is 0. The Bertz CT molecular complexity index is 2400. The van der Waals surface area contributed by atoms with Gasteiger partial charge in [0.05, 0.1) is 5.69 Å². The monoisotopic (exact) mass is 715 g/mol. The van der Waals surface area contributed by atoms with E-state index in [1.807, 2.05) is 0 Å². The summed E-state index contributed by atoms with van der Waals surface area (Å²) in [7, 11) is 0. The Morgan fingerprint density at radius 3 is 1.64 bits per heavy atom. The summed E-state index contributed by atoms with van der Waals surface area (Å²) >= 11 is 0. The van der Waals surface area contributed by atoms with E-state index in [0.29, 0.717) is 11.8 Å². The van der Waals surface area contributed by atoms with Gasteiger partial charge in [0.2, 0.25) is 0 Å². The molecular weight excluding hydrogens is 663 g/mol. The Hall–Kier alpha value is -4.88. The summed E-state index contributed by atoms with van der Waals surface area (Å²) in [5, 5.41) is 0. The van der Waals surface area contributed by atoms with Crippen molar-refractivity contribution >= 4 is 17.1 Å². The van der Waals surface area contributed by atoms with E-state index in [1.54, 1.807) is 11.1 Å². The highest BCUT2D eigenvalue weighted by atomic mass is 15.1. The summed E-state index contributed by atoms with van der Waals surface area (Å²) in [5.41, 5.74) is 18.4. The van der Waals surface area contributed by atoms with Crippen molar-refractivity contribution in [2.45, 2.75) is 88.9 Å². The molecule has 6 aliphatic rings. The normalized spacial score (nSPS) is 26.0. The smallest absolute Gasteiger partial charge is 0.0549 e. The summed E-state index contributed by atoms with van der Waals surface area (Å²) in [5.74, 6) is 3.22. The van der Waals surface area contributed by atoms with Gasteiger partial charge in [-0.15, -0.1) is 0 Å². The van der Waals surface area contributed by atoms with Crippen LogP contribution in [0.25, 0.3) is 33.4 Å². The van der Waals surface area contributed by atoms with Crippen LogP contribution in [-0.4, -0.2) is 0 Å². The second-order valence-corrected chi connectivity index (χ2v) is 19.2. The zero-order valence-electron chi connectivity index (χ0n) is 33.0. The molecule has 6 aliphatic carbocycles. The highest BCUT2D eigenvalue weighted by Gasteiger charge is 2.62. The van der Waals surface area contributed by atoms with Gasteiger partial charge in [-0.3, -0.25) is 0 Å². The van der Waals surface area contributed by atoms with Crippen LogP contribution in [0.3, 0.4) is 0 Å². The van der Waals surface area contributed by atoms with Crippen LogP contribution in [0.2, 0.25) is 0 Å². The van der Waals surface area contributed by atoms with Gasteiger partial charge in [-0.05, 0) is 166 Å². The quantitative estimate of drug-likeness (QED) is 0.172. The maximum absolute atomic E-state index is 2.66. The van der Waals surface area contributed by atoms with Crippen LogP contribution in [0.15, 0.2) is 140 Å². The summed E-state index contributed by atoms with van der Waals surface area (Å²) in [6, 6.07) is 53.8. The van der Waals surface area contributed by atoms with Crippen LogP contribution in [-0.2, 0) is 16.2 Å². The van der Waals surface area contributed by atoms with E-state index in [4.69, 9.17) is 0 Å². The van der Waals surface area contributed by atoms with Gasteiger partial charge >= 0.3 is 0 Å². The molecule has 0 aliphatic heterocycles. The molecule has 1 nitrogen and oxygen atoms in total. The minimum absolute atomic E-state index is 0.0730. The van der Waals surface area contributed by atoms with E-state index < -0.39 is 0 Å². The van der Waals surface area contributed by atoms with Crippen molar-refractivity contribution in [1.29, 1.82) is 0 Å². The van der Waals surface area contributed by atoms with Crippen LogP contribution in [0.4, 0.5) is 17.1 Å². The van der Waals surface area contributed by atoms with Crippen molar-refractivity contribution < 1.29 is 0 Å². The number of nitrogens with zero attached hydrogens (tertiary/aromatic N) is 1. The van der Waals surface area contributed by atoms with Crippen molar-refractivity contribution in [1.82, 2.24) is 0 Å². The van der Waals surface area contributed by atoms with Crippen molar-refractivity contribution in [2.75, 3.05) is 4.90 Å². The standard InChI is InChI=1S/C54H53N/c1-52(2)25-26-53(3,4)48-34-44(23-24-47(48)52)55(43-21-19-39(20-22-43)37-13-7-5-8-14-37)50-33-40(38-15-9-6-10-16-38)32-49-51(50)45-17-11-12-18-46(45)54(49)41-28-35-27-36(30-41)31-42(54)29-35/h5-24,32-36,41-42H,25-31H2,1-4H3. The number of rotatable bonds is 5. The van der Waals surface area contributed by atoms with Gasteiger partial charge in [0.15, 0.2) is 0 Å². The molecule has 6 aromatic rings.